The number of amidine groups is 4. The number of hydrogen-bond acceptors (Lipinski definition) is 7. The second-order valence-corrected chi connectivity index (χ2v) is 16.3. The second-order valence-electron chi connectivity index (χ2n) is 16.3. The maximum absolute atomic E-state index is 6.76. The Kier molecular flexibility index (Phi) is 9.49. The number of nitrogens with zero attached hydrogens (tertiary/aromatic N) is 4. The molecule has 12 rings (SSSR count). The molecule has 0 saturated heterocycles. The van der Waals surface area contributed by atoms with Crippen molar-refractivity contribution in [1.29, 1.82) is 0 Å². The van der Waals surface area contributed by atoms with Crippen LogP contribution in [0.4, 0.5) is 0 Å². The molecule has 2 atom stereocenters. The van der Waals surface area contributed by atoms with Crippen LogP contribution >= 0.6 is 0 Å². The quantitative estimate of drug-likeness (QED) is 0.160. The van der Waals surface area contributed by atoms with Gasteiger partial charge in [0.05, 0.1) is 0 Å². The highest BCUT2D eigenvalue weighted by molar-refractivity contribution is 6.22. The maximum atomic E-state index is 6.76. The Morgan fingerprint density at radius 3 is 1.32 bits per heavy atom. The minimum absolute atomic E-state index is 0.267. The molecule has 2 N–H and O–H groups in total. The Morgan fingerprint density at radius 1 is 0.354 bits per heavy atom. The molecule has 2 aliphatic rings. The van der Waals surface area contributed by atoms with Gasteiger partial charge in [-0.3, -0.25) is 0 Å². The number of fused-ring (bicyclic) bond motifs is 5. The molecule has 0 fully saturated rings. The van der Waals surface area contributed by atoms with Crippen molar-refractivity contribution in [2.75, 3.05) is 0 Å². The van der Waals surface area contributed by atoms with E-state index in [1.807, 2.05) is 72.8 Å². The zero-order valence-corrected chi connectivity index (χ0v) is 35.1. The molecular formula is C58H40N6O. The molecule has 7 heteroatoms. The first-order valence-corrected chi connectivity index (χ1v) is 21.9. The van der Waals surface area contributed by atoms with Crippen molar-refractivity contribution in [3.63, 3.8) is 0 Å². The van der Waals surface area contributed by atoms with Crippen LogP contribution in [0, 0.1) is 0 Å². The lowest BCUT2D eigenvalue weighted by molar-refractivity contribution is 0.672. The van der Waals surface area contributed by atoms with Gasteiger partial charge in [0.1, 0.15) is 35.2 Å². The summed E-state index contributed by atoms with van der Waals surface area (Å²) in [5.74, 6) is 2.96. The molecule has 7 nitrogen and oxygen atoms in total. The van der Waals surface area contributed by atoms with Crippen LogP contribution in [0.15, 0.2) is 243 Å². The molecule has 0 spiro atoms. The van der Waals surface area contributed by atoms with E-state index < -0.39 is 0 Å². The number of nitrogens with one attached hydrogen (secondary N) is 2. The third-order valence-electron chi connectivity index (χ3n) is 12.2. The normalized spacial score (nSPS) is 16.0. The van der Waals surface area contributed by atoms with E-state index in [2.05, 4.69) is 156 Å². The van der Waals surface area contributed by atoms with E-state index >= 15 is 0 Å². The molecule has 65 heavy (non-hydrogen) atoms. The van der Waals surface area contributed by atoms with E-state index in [9.17, 15) is 0 Å². The van der Waals surface area contributed by atoms with E-state index in [1.54, 1.807) is 0 Å². The molecule has 1 aromatic heterocycles. The minimum atomic E-state index is -0.267. The lowest BCUT2D eigenvalue weighted by atomic mass is 9.92. The maximum Gasteiger partial charge on any atom is 0.159 e. The molecule has 0 radical (unpaired) electrons. The summed E-state index contributed by atoms with van der Waals surface area (Å²) >= 11 is 0. The standard InChI is InChI=1S/C58H40N6O/c1-5-16-39(17-6-1)53-59-54(40-18-7-2-8-19-40)62-57(61-53)43-32-28-37(29-33-43)45-26-15-27-50-51(45)49-36-48(46-24-13-14-25-47(46)52(49)65-50)38-30-34-44(35-31-38)58-63-55(41-20-9-3-10-21-41)60-56(64-58)42-22-11-4-12-23-42/h1-36,53,55H,(H,59,61,62)(H,60,63,64). The van der Waals surface area contributed by atoms with Crippen molar-refractivity contribution in [1.82, 2.24) is 10.6 Å². The Morgan fingerprint density at radius 2 is 0.800 bits per heavy atom. The van der Waals surface area contributed by atoms with Gasteiger partial charge in [-0.15, -0.1) is 0 Å². The predicted octanol–water partition coefficient (Wildman–Crippen LogP) is 13.1. The minimum Gasteiger partial charge on any atom is -0.455 e. The van der Waals surface area contributed by atoms with Crippen LogP contribution in [0.5, 0.6) is 0 Å². The Labute approximate surface area is 375 Å². The van der Waals surface area contributed by atoms with Crippen molar-refractivity contribution in [2.45, 2.75) is 12.3 Å². The third-order valence-corrected chi connectivity index (χ3v) is 12.2. The van der Waals surface area contributed by atoms with Gasteiger partial charge in [-0.25, -0.2) is 20.0 Å². The summed E-state index contributed by atoms with van der Waals surface area (Å²) in [5.41, 5.74) is 12.2. The molecule has 2 unspecified atom stereocenters. The van der Waals surface area contributed by atoms with Crippen molar-refractivity contribution in [3.05, 3.63) is 252 Å². The average molecular weight is 837 g/mol. The fraction of sp³-hybridized carbons (Fsp3) is 0.0345. The van der Waals surface area contributed by atoms with Gasteiger partial charge in [-0.2, -0.15) is 0 Å². The summed E-state index contributed by atoms with van der Waals surface area (Å²) in [6.45, 7) is 0. The average Bonchev–Trinajstić information content (AvgIpc) is 3.78. The first-order valence-electron chi connectivity index (χ1n) is 21.9. The summed E-state index contributed by atoms with van der Waals surface area (Å²) in [4.78, 5) is 20.1. The predicted molar refractivity (Wildman–Crippen MR) is 266 cm³/mol. The monoisotopic (exact) mass is 836 g/mol. The molecule has 9 aromatic carbocycles. The van der Waals surface area contributed by atoms with Crippen LogP contribution in [0.2, 0.25) is 0 Å². The molecule has 10 aromatic rings. The van der Waals surface area contributed by atoms with Gasteiger partial charge >= 0.3 is 0 Å². The summed E-state index contributed by atoms with van der Waals surface area (Å²) in [6, 6.07) is 75.4. The zero-order chi connectivity index (χ0) is 43.1. The summed E-state index contributed by atoms with van der Waals surface area (Å²) in [5, 5.41) is 11.6. The number of furan rings is 1. The largest absolute Gasteiger partial charge is 0.455 e. The van der Waals surface area contributed by atoms with Crippen LogP contribution in [-0.2, 0) is 0 Å². The van der Waals surface area contributed by atoms with Crippen molar-refractivity contribution in [2.24, 2.45) is 20.0 Å². The summed E-state index contributed by atoms with van der Waals surface area (Å²) < 4.78 is 6.76. The van der Waals surface area contributed by atoms with Gasteiger partial charge < -0.3 is 15.1 Å². The van der Waals surface area contributed by atoms with Crippen molar-refractivity contribution >= 4 is 56.1 Å². The van der Waals surface area contributed by atoms with Crippen LogP contribution in [-0.4, -0.2) is 23.3 Å². The Hall–Kier alpha value is -8.68. The lowest BCUT2D eigenvalue weighted by Gasteiger charge is -2.23. The van der Waals surface area contributed by atoms with Crippen molar-refractivity contribution in [3.8, 4) is 22.3 Å². The molecule has 0 saturated carbocycles. The van der Waals surface area contributed by atoms with Crippen LogP contribution in [0.3, 0.4) is 0 Å². The molecule has 0 bridgehead atoms. The number of hydrogen-bond donors (Lipinski definition) is 2. The fourth-order valence-corrected chi connectivity index (χ4v) is 8.98. The van der Waals surface area contributed by atoms with Crippen LogP contribution in [0.1, 0.15) is 45.7 Å². The third kappa shape index (κ3) is 7.15. The fourth-order valence-electron chi connectivity index (χ4n) is 8.98. The van der Waals surface area contributed by atoms with E-state index in [-0.39, 0.29) is 12.3 Å². The smallest absolute Gasteiger partial charge is 0.159 e. The van der Waals surface area contributed by atoms with Gasteiger partial charge in [-0.05, 0) is 50.9 Å². The van der Waals surface area contributed by atoms with Gasteiger partial charge in [-0.1, -0.05) is 206 Å². The SMILES string of the molecule is c1ccc(C2=NC(c3ccccc3)NC(c3ccc(-c4cc5c(oc6cccc(-c7ccc(C8=NC(c9ccccc9)=NC(c9ccccc9)N8)cc7)c65)c5ccccc45)cc3)=N2)cc1. The first kappa shape index (κ1) is 38.0. The first-order chi connectivity index (χ1) is 32.2. The number of rotatable bonds is 8. The van der Waals surface area contributed by atoms with Gasteiger partial charge in [0.15, 0.2) is 11.7 Å². The van der Waals surface area contributed by atoms with Gasteiger partial charge in [0, 0.05) is 38.4 Å². The van der Waals surface area contributed by atoms with E-state index in [4.69, 9.17) is 24.4 Å². The van der Waals surface area contributed by atoms with E-state index in [0.29, 0.717) is 11.7 Å². The highest BCUT2D eigenvalue weighted by Crippen LogP contribution is 2.43. The van der Waals surface area contributed by atoms with Gasteiger partial charge in [0.25, 0.3) is 0 Å². The molecular weight excluding hydrogens is 797 g/mol. The molecule has 308 valence electrons. The topological polar surface area (TPSA) is 86.6 Å². The van der Waals surface area contributed by atoms with E-state index in [1.165, 1.54) is 0 Å². The Bertz CT molecular complexity index is 3510. The summed E-state index contributed by atoms with van der Waals surface area (Å²) in [7, 11) is 0. The Balaban J connectivity index is 0.912. The van der Waals surface area contributed by atoms with Crippen molar-refractivity contribution < 1.29 is 4.42 Å². The zero-order valence-electron chi connectivity index (χ0n) is 35.1. The number of benzene rings is 9. The number of aliphatic imine (C=N–C) groups is 4. The van der Waals surface area contributed by atoms with Crippen LogP contribution in [0.25, 0.3) is 55.0 Å². The van der Waals surface area contributed by atoms with E-state index in [0.717, 1.165) is 100 Å². The highest BCUT2D eigenvalue weighted by atomic mass is 16.3. The molecule has 2 aliphatic heterocycles. The second kappa shape index (κ2) is 16.2. The lowest BCUT2D eigenvalue weighted by Crippen LogP contribution is -2.33. The van der Waals surface area contributed by atoms with Gasteiger partial charge in [0.2, 0.25) is 0 Å². The molecule has 0 aliphatic carbocycles. The summed E-state index contributed by atoms with van der Waals surface area (Å²) in [6.07, 6.45) is -0.534. The highest BCUT2D eigenvalue weighted by Gasteiger charge is 2.24. The molecule has 0 amide bonds. The molecule has 3 heterocycles. The van der Waals surface area contributed by atoms with Crippen LogP contribution < -0.4 is 10.6 Å².